The van der Waals surface area contributed by atoms with Gasteiger partial charge < -0.3 is 10.5 Å². The van der Waals surface area contributed by atoms with Crippen molar-refractivity contribution in [3.05, 3.63) is 66.9 Å². The van der Waals surface area contributed by atoms with Crippen LogP contribution >= 0.6 is 11.8 Å². The van der Waals surface area contributed by atoms with Gasteiger partial charge in [0.15, 0.2) is 24.0 Å². The molecule has 2 N–H and O–H groups in total. The Morgan fingerprint density at radius 2 is 1.82 bits per heavy atom. The van der Waals surface area contributed by atoms with Gasteiger partial charge in [-0.3, -0.25) is 9.10 Å². The molecule has 0 saturated heterocycles. The number of amides is 1. The Labute approximate surface area is 166 Å². The predicted octanol–water partition coefficient (Wildman–Crippen LogP) is 2.76. The number of ether oxygens (including phenoxy) is 1. The molecule has 2 aromatic rings. The SMILES string of the molecule is C=CN(CCSc1cc(F)c(OCC(N)=O)c(F)c1)S(=O)(=O)c1ccccc1. The monoisotopic (exact) mass is 428 g/mol. The average Bonchev–Trinajstić information content (AvgIpc) is 2.65. The van der Waals surface area contributed by atoms with Gasteiger partial charge in [0, 0.05) is 23.4 Å². The summed E-state index contributed by atoms with van der Waals surface area (Å²) in [6, 6.07) is 9.92. The highest BCUT2D eigenvalue weighted by Gasteiger charge is 2.21. The molecule has 6 nitrogen and oxygen atoms in total. The second-order valence-electron chi connectivity index (χ2n) is 5.43. The zero-order valence-electron chi connectivity index (χ0n) is 14.7. The number of nitrogens with two attached hydrogens (primary N) is 1. The Morgan fingerprint density at radius 1 is 1.21 bits per heavy atom. The Kier molecular flexibility index (Phi) is 7.41. The first-order valence-electron chi connectivity index (χ1n) is 7.98. The number of sulfonamides is 1. The minimum Gasteiger partial charge on any atom is -0.478 e. The molecule has 10 heteroatoms. The lowest BCUT2D eigenvalue weighted by Gasteiger charge is -2.20. The van der Waals surface area contributed by atoms with Crippen molar-refractivity contribution in [1.82, 2.24) is 4.31 Å². The van der Waals surface area contributed by atoms with Gasteiger partial charge in [0.1, 0.15) is 0 Å². The van der Waals surface area contributed by atoms with E-state index < -0.39 is 39.9 Å². The number of thioether (sulfide) groups is 1. The summed E-state index contributed by atoms with van der Waals surface area (Å²) in [4.78, 5) is 11.0. The van der Waals surface area contributed by atoms with Gasteiger partial charge in [0.25, 0.3) is 15.9 Å². The molecule has 0 aliphatic heterocycles. The maximum absolute atomic E-state index is 14.0. The minimum atomic E-state index is -3.75. The third kappa shape index (κ3) is 5.46. The van der Waals surface area contributed by atoms with E-state index in [1.54, 1.807) is 18.2 Å². The van der Waals surface area contributed by atoms with Gasteiger partial charge in [-0.15, -0.1) is 11.8 Å². The average molecular weight is 428 g/mol. The smallest absolute Gasteiger partial charge is 0.263 e. The molecule has 0 aliphatic carbocycles. The van der Waals surface area contributed by atoms with Crippen LogP contribution in [0.15, 0.2) is 65.0 Å². The van der Waals surface area contributed by atoms with Gasteiger partial charge >= 0.3 is 0 Å². The Hall–Kier alpha value is -2.59. The first kappa shape index (κ1) is 21.7. The van der Waals surface area contributed by atoms with E-state index in [-0.39, 0.29) is 22.1 Å². The van der Waals surface area contributed by atoms with E-state index in [2.05, 4.69) is 6.58 Å². The topological polar surface area (TPSA) is 89.7 Å². The Balaban J connectivity index is 2.03. The van der Waals surface area contributed by atoms with Crippen LogP contribution in [0.2, 0.25) is 0 Å². The van der Waals surface area contributed by atoms with Crippen molar-refractivity contribution >= 4 is 27.7 Å². The molecule has 0 fully saturated rings. The van der Waals surface area contributed by atoms with E-state index in [1.807, 2.05) is 0 Å². The predicted molar refractivity (Wildman–Crippen MR) is 102 cm³/mol. The standard InChI is InChI=1S/C18H18F2N2O4S2/c1-2-22(28(24,25)14-6-4-3-5-7-14)8-9-27-13-10-15(19)18(16(20)11-13)26-12-17(21)23/h2-7,10-11H,1,8-9,12H2,(H2,21,23). The van der Waals surface area contributed by atoms with Crippen LogP contribution in [-0.4, -0.2) is 37.5 Å². The van der Waals surface area contributed by atoms with Crippen LogP contribution in [0.3, 0.4) is 0 Å². The van der Waals surface area contributed by atoms with Crippen LogP contribution in [0, 0.1) is 11.6 Å². The summed E-state index contributed by atoms with van der Waals surface area (Å²) in [5.41, 5.74) is 4.88. The number of rotatable bonds is 10. The molecular weight excluding hydrogens is 410 g/mol. The van der Waals surface area contributed by atoms with Crippen LogP contribution < -0.4 is 10.5 Å². The van der Waals surface area contributed by atoms with Gasteiger partial charge in [-0.2, -0.15) is 0 Å². The van der Waals surface area contributed by atoms with Gasteiger partial charge in [-0.1, -0.05) is 24.8 Å². The fourth-order valence-corrected chi connectivity index (χ4v) is 4.50. The Morgan fingerprint density at radius 3 is 2.36 bits per heavy atom. The molecule has 28 heavy (non-hydrogen) atoms. The van der Waals surface area contributed by atoms with E-state index in [9.17, 15) is 22.0 Å². The van der Waals surface area contributed by atoms with Crippen LogP contribution in [-0.2, 0) is 14.8 Å². The zero-order chi connectivity index (χ0) is 20.7. The quantitative estimate of drug-likeness (QED) is 0.588. The maximum atomic E-state index is 14.0. The minimum absolute atomic E-state index is 0.0502. The highest BCUT2D eigenvalue weighted by molar-refractivity contribution is 7.99. The number of carbonyl (C=O) groups excluding carboxylic acids is 1. The number of primary amides is 1. The molecule has 0 saturated carbocycles. The number of hydrogen-bond donors (Lipinski definition) is 1. The molecule has 0 aliphatic rings. The fourth-order valence-electron chi connectivity index (χ4n) is 2.19. The van der Waals surface area contributed by atoms with Crippen molar-refractivity contribution in [3.8, 4) is 5.75 Å². The molecular formula is C18H18F2N2O4S2. The van der Waals surface area contributed by atoms with Crippen LogP contribution in [0.1, 0.15) is 0 Å². The number of halogens is 2. The summed E-state index contributed by atoms with van der Waals surface area (Å²) in [6.45, 7) is 2.92. The summed E-state index contributed by atoms with van der Waals surface area (Å²) < 4.78 is 58.8. The molecule has 0 radical (unpaired) electrons. The van der Waals surface area contributed by atoms with Crippen molar-refractivity contribution in [3.63, 3.8) is 0 Å². The summed E-state index contributed by atoms with van der Waals surface area (Å²) in [5, 5.41) is 0. The lowest BCUT2D eigenvalue weighted by molar-refractivity contribution is -0.120. The van der Waals surface area contributed by atoms with Crippen molar-refractivity contribution < 1.29 is 26.7 Å². The van der Waals surface area contributed by atoms with E-state index in [4.69, 9.17) is 10.5 Å². The Bertz CT molecular complexity index is 930. The van der Waals surface area contributed by atoms with Crippen LogP contribution in [0.5, 0.6) is 5.75 Å². The second-order valence-corrected chi connectivity index (χ2v) is 8.49. The van der Waals surface area contributed by atoms with Crippen LogP contribution in [0.4, 0.5) is 8.78 Å². The first-order chi connectivity index (χ1) is 13.3. The van der Waals surface area contributed by atoms with E-state index in [0.29, 0.717) is 0 Å². The van der Waals surface area contributed by atoms with Crippen molar-refractivity contribution in [2.45, 2.75) is 9.79 Å². The number of hydrogen-bond acceptors (Lipinski definition) is 5. The van der Waals surface area contributed by atoms with Crippen molar-refractivity contribution in [2.24, 2.45) is 5.73 Å². The third-order valence-corrected chi connectivity index (χ3v) is 6.24. The maximum Gasteiger partial charge on any atom is 0.263 e. The van der Waals surface area contributed by atoms with Crippen molar-refractivity contribution in [2.75, 3.05) is 18.9 Å². The van der Waals surface area contributed by atoms with Crippen molar-refractivity contribution in [1.29, 1.82) is 0 Å². The van der Waals surface area contributed by atoms with Gasteiger partial charge in [0.2, 0.25) is 0 Å². The van der Waals surface area contributed by atoms with Gasteiger partial charge in [-0.05, 0) is 24.3 Å². The largest absolute Gasteiger partial charge is 0.478 e. The van der Waals surface area contributed by atoms with Gasteiger partial charge in [-0.25, -0.2) is 17.2 Å². The first-order valence-corrected chi connectivity index (χ1v) is 10.4. The van der Waals surface area contributed by atoms with E-state index in [0.717, 1.165) is 28.2 Å². The summed E-state index contributed by atoms with van der Waals surface area (Å²) >= 11 is 1.06. The number of carbonyl (C=O) groups is 1. The molecule has 0 heterocycles. The van der Waals surface area contributed by atoms with E-state index in [1.165, 1.54) is 18.3 Å². The second kappa shape index (κ2) is 9.56. The number of nitrogens with zero attached hydrogens (tertiary/aromatic N) is 1. The number of benzene rings is 2. The lowest BCUT2D eigenvalue weighted by Crippen LogP contribution is -2.27. The molecule has 0 unspecified atom stereocenters. The molecule has 0 aromatic heterocycles. The fraction of sp³-hybridized carbons (Fsp3) is 0.167. The molecule has 150 valence electrons. The van der Waals surface area contributed by atoms with Crippen LogP contribution in [0.25, 0.3) is 0 Å². The lowest BCUT2D eigenvalue weighted by atomic mass is 10.3. The molecule has 0 atom stereocenters. The highest BCUT2D eigenvalue weighted by Crippen LogP contribution is 2.29. The highest BCUT2D eigenvalue weighted by atomic mass is 32.2. The zero-order valence-corrected chi connectivity index (χ0v) is 16.3. The molecule has 1 amide bonds. The summed E-state index contributed by atoms with van der Waals surface area (Å²) in [7, 11) is -3.75. The molecule has 0 spiro atoms. The molecule has 2 rings (SSSR count). The van der Waals surface area contributed by atoms with Gasteiger partial charge in [0.05, 0.1) is 4.90 Å². The molecule has 2 aromatic carbocycles. The summed E-state index contributed by atoms with van der Waals surface area (Å²) in [6.07, 6.45) is 1.19. The summed E-state index contributed by atoms with van der Waals surface area (Å²) in [5.74, 6) is -3.30. The molecule has 0 bridgehead atoms. The normalized spacial score (nSPS) is 11.1. The third-order valence-electron chi connectivity index (χ3n) is 3.46. The van der Waals surface area contributed by atoms with E-state index >= 15 is 0 Å².